The van der Waals surface area contributed by atoms with Crippen molar-refractivity contribution in [2.24, 2.45) is 10.5 Å². The molecule has 3 fully saturated rings. The summed E-state index contributed by atoms with van der Waals surface area (Å²) in [4.78, 5) is 53.5. The normalized spacial score (nSPS) is 21.4. The minimum absolute atomic E-state index is 0.00578. The van der Waals surface area contributed by atoms with Crippen LogP contribution in [0, 0.1) is 17.7 Å². The van der Waals surface area contributed by atoms with Gasteiger partial charge in [-0.2, -0.15) is 0 Å². The number of piperidine rings is 2. The lowest BCUT2D eigenvalue weighted by Crippen LogP contribution is -2.34. The third-order valence-corrected chi connectivity index (χ3v) is 18.7. The molecule has 3 N–H and O–H groups in total. The van der Waals surface area contributed by atoms with Crippen LogP contribution in [0.2, 0.25) is 0 Å². The number of aliphatic hydroxyl groups excluding tert-OH is 1. The number of rotatable bonds is 13. The first-order valence-corrected chi connectivity index (χ1v) is 27.3. The van der Waals surface area contributed by atoms with Gasteiger partial charge in [0, 0.05) is 83.4 Å². The molecule has 16 nitrogen and oxygen atoms in total. The highest BCUT2D eigenvalue weighted by Gasteiger charge is 2.44. The molecule has 3 saturated heterocycles. The number of nitrogens with one attached hydrogen (secondary N) is 1. The molecular weight excluding hydrogens is 937 g/mol. The molecule has 71 heavy (non-hydrogen) atoms. The summed E-state index contributed by atoms with van der Waals surface area (Å²) >= 11 is 1.74. The largest absolute Gasteiger partial charge is 0.507 e. The summed E-state index contributed by atoms with van der Waals surface area (Å²) in [6.07, 6.45) is 12.5. The molecule has 4 atom stereocenters. The molecule has 0 saturated carbocycles. The minimum Gasteiger partial charge on any atom is -0.507 e. The van der Waals surface area contributed by atoms with E-state index < -0.39 is 10.2 Å². The molecule has 0 radical (unpaired) electrons. The highest BCUT2D eigenvalue weighted by molar-refractivity contribution is 8.48. The number of allylic oxidation sites excluding steroid dienone is 1. The highest BCUT2D eigenvalue weighted by Crippen LogP contribution is 2.79. The second-order valence-electron chi connectivity index (χ2n) is 19.6. The summed E-state index contributed by atoms with van der Waals surface area (Å²) < 4.78 is 8.79. The number of amides is 1. The number of thiophene rings is 1. The minimum atomic E-state index is -1.50. The maximum absolute atomic E-state index is 11.5. The first-order valence-electron chi connectivity index (χ1n) is 24.5. The first-order chi connectivity index (χ1) is 34.2. The van der Waals surface area contributed by atoms with Gasteiger partial charge < -0.3 is 39.5 Å². The van der Waals surface area contributed by atoms with Crippen LogP contribution >= 0.6 is 21.6 Å². The topological polar surface area (TPSA) is 203 Å². The van der Waals surface area contributed by atoms with Gasteiger partial charge in [0.25, 0.3) is 0 Å². The molecular formula is C53H66N10O6S2. The van der Waals surface area contributed by atoms with Gasteiger partial charge >= 0.3 is 0 Å². The van der Waals surface area contributed by atoms with Crippen LogP contribution in [-0.4, -0.2) is 112 Å². The van der Waals surface area contributed by atoms with Crippen molar-refractivity contribution in [3.63, 3.8) is 0 Å². The number of anilines is 2. The molecule has 0 spiro atoms. The van der Waals surface area contributed by atoms with Crippen molar-refractivity contribution in [2.75, 3.05) is 62.4 Å². The molecule has 10 rings (SSSR count). The number of β-amino-alcohol motifs (C(OH)–C–C–N with tert-alkyl or cyclic N) is 1. The van der Waals surface area contributed by atoms with E-state index in [1.807, 2.05) is 102 Å². The Kier molecular flexibility index (Phi) is 16.3. The third-order valence-electron chi connectivity index (χ3n) is 14.5. The van der Waals surface area contributed by atoms with Gasteiger partial charge in [-0.1, -0.05) is 65.6 Å². The number of phenolic OH excluding ortho intramolecular Hbond substituents is 1. The van der Waals surface area contributed by atoms with Crippen LogP contribution in [0.1, 0.15) is 116 Å². The summed E-state index contributed by atoms with van der Waals surface area (Å²) in [7, 11) is 0.527. The van der Waals surface area contributed by atoms with Crippen LogP contribution in [0.4, 0.5) is 11.8 Å². The summed E-state index contributed by atoms with van der Waals surface area (Å²) in [6.45, 7) is 15.6. The maximum Gasteiger partial charge on any atom is 0.225 e. The SMILES string of the molecule is CC1=C(c2ccc([C@H](C)NC=O)cc2)S1(C)N=O.CN1CCC(O)C1.Cc1c(C2CCN(c3ncc(C4CCN(c5cc(C(C=O)C(C)C)on5)CC4)cn3)CC2)sc2nnc(-c3ccccc3O)cc12. The van der Waals surface area contributed by atoms with Gasteiger partial charge in [0.15, 0.2) is 5.82 Å². The smallest absolute Gasteiger partial charge is 0.225 e. The van der Waals surface area contributed by atoms with Gasteiger partial charge in [-0.15, -0.1) is 26.4 Å². The molecule has 4 aliphatic heterocycles. The Hall–Kier alpha value is -6.08. The summed E-state index contributed by atoms with van der Waals surface area (Å²) in [6, 6.07) is 19.2. The van der Waals surface area contributed by atoms with E-state index in [0.29, 0.717) is 35.3 Å². The molecule has 2 aromatic carbocycles. The van der Waals surface area contributed by atoms with E-state index in [-0.39, 0.29) is 29.7 Å². The van der Waals surface area contributed by atoms with Gasteiger partial charge in [-0.25, -0.2) is 9.97 Å². The van der Waals surface area contributed by atoms with Crippen molar-refractivity contribution in [3.05, 3.63) is 116 Å². The van der Waals surface area contributed by atoms with Crippen molar-refractivity contribution in [3.8, 4) is 17.0 Å². The van der Waals surface area contributed by atoms with Crippen LogP contribution in [-0.2, 0) is 9.59 Å². The number of nitroso groups, excluding NO2 is 1. The quantitative estimate of drug-likeness (QED) is 0.0728. The van der Waals surface area contributed by atoms with E-state index in [1.165, 1.54) is 16.0 Å². The van der Waals surface area contributed by atoms with Gasteiger partial charge in [-0.3, -0.25) is 4.79 Å². The standard InChI is InChI=1S/C35H39N7O3S.C13H16N2O2S.C5H11NO/c1-21(2)28(20-43)31-17-32(40-45-31)41-12-8-23(9-13-41)25-18-36-35(37-19-25)42-14-10-24(11-15-42)33-22(3)27-16-29(38-39-34(27)46-33)26-6-4-5-7-30(26)44;1-9(14-8-16)11-4-6-12(7-5-11)13-10(2)18(13,3)15-17;1-6-3-2-5(7)4-6/h4-7,16-21,23-24,28,44H,8-15H2,1-3H3;4-9H,1-3H3,(H,14,16);5,7H,2-4H2,1H3/t;9-;/m.0./s1. The predicted octanol–water partition coefficient (Wildman–Crippen LogP) is 9.85. The number of likely N-dealkylation sites (N-methyl/N-ethyl adjacent to an activating group) is 1. The molecule has 0 aliphatic carbocycles. The lowest BCUT2D eigenvalue weighted by Gasteiger charge is -2.33. The fourth-order valence-electron chi connectivity index (χ4n) is 9.85. The predicted molar refractivity (Wildman–Crippen MR) is 284 cm³/mol. The van der Waals surface area contributed by atoms with Crippen molar-refractivity contribution in [1.82, 2.24) is 35.5 Å². The Bertz CT molecular complexity index is 2810. The molecule has 4 aromatic heterocycles. The summed E-state index contributed by atoms with van der Waals surface area (Å²) in [5, 5.41) is 36.2. The van der Waals surface area contributed by atoms with Gasteiger partial charge in [0.1, 0.15) is 22.6 Å². The Morgan fingerprint density at radius 1 is 0.887 bits per heavy atom. The number of para-hydroxylation sites is 1. The molecule has 4 aliphatic rings. The fourth-order valence-corrected chi connectivity index (χ4v) is 13.2. The first kappa shape index (κ1) is 51.3. The number of hydrogen-bond donors (Lipinski definition) is 3. The Balaban J connectivity index is 0.000000221. The van der Waals surface area contributed by atoms with Gasteiger partial charge in [0.2, 0.25) is 12.4 Å². The fraction of sp³-hybridized carbons (Fsp3) is 0.453. The second-order valence-corrected chi connectivity index (χ2v) is 23.5. The number of phenols is 1. The van der Waals surface area contributed by atoms with Crippen LogP contribution < -0.4 is 15.1 Å². The number of carbonyl (C=O) groups is 2. The number of aromatic nitrogens is 5. The van der Waals surface area contributed by atoms with Crippen LogP contribution in [0.3, 0.4) is 0 Å². The Labute approximate surface area is 421 Å². The van der Waals surface area contributed by atoms with Crippen molar-refractivity contribution in [1.29, 1.82) is 0 Å². The molecule has 376 valence electrons. The van der Waals surface area contributed by atoms with Gasteiger partial charge in [-0.05, 0) is 129 Å². The number of aldehydes is 1. The molecule has 6 aromatic rings. The van der Waals surface area contributed by atoms with Crippen molar-refractivity contribution in [2.45, 2.75) is 96.6 Å². The third kappa shape index (κ3) is 11.5. The summed E-state index contributed by atoms with van der Waals surface area (Å²) in [5.74, 6) is 3.25. The van der Waals surface area contributed by atoms with Crippen molar-refractivity contribution >= 4 is 61.1 Å². The second kappa shape index (κ2) is 22.6. The number of fused-ring (bicyclic) bond motifs is 1. The van der Waals surface area contributed by atoms with Crippen LogP contribution in [0.15, 0.2) is 87.1 Å². The number of aliphatic hydroxyl groups is 1. The lowest BCUT2D eigenvalue weighted by atomic mass is 9.91. The number of hydrogen-bond acceptors (Lipinski definition) is 16. The maximum atomic E-state index is 11.5. The lowest BCUT2D eigenvalue weighted by molar-refractivity contribution is -0.111. The molecule has 0 bridgehead atoms. The number of benzene rings is 2. The van der Waals surface area contributed by atoms with Crippen LogP contribution in [0.5, 0.6) is 5.75 Å². The number of aromatic hydroxyl groups is 1. The van der Waals surface area contributed by atoms with E-state index in [9.17, 15) is 19.6 Å². The average molecular weight is 1000 g/mol. The zero-order valence-corrected chi connectivity index (χ0v) is 43.3. The Morgan fingerprint density at radius 2 is 1.56 bits per heavy atom. The molecule has 8 heterocycles. The van der Waals surface area contributed by atoms with E-state index in [4.69, 9.17) is 19.6 Å². The van der Waals surface area contributed by atoms with E-state index >= 15 is 0 Å². The molecule has 1 amide bonds. The summed E-state index contributed by atoms with van der Waals surface area (Å²) in [5.41, 5.74) is 5.95. The van der Waals surface area contributed by atoms with Crippen molar-refractivity contribution < 1.29 is 24.3 Å². The van der Waals surface area contributed by atoms with E-state index in [2.05, 4.69) is 52.9 Å². The zero-order chi connectivity index (χ0) is 50.4. The number of likely N-dealkylation sites (tertiary alicyclic amines) is 1. The monoisotopic (exact) mass is 1000 g/mol. The van der Waals surface area contributed by atoms with Crippen LogP contribution in [0.25, 0.3) is 26.4 Å². The van der Waals surface area contributed by atoms with E-state index in [0.717, 1.165) is 121 Å². The number of nitrogens with zero attached hydrogens (tertiary/aromatic N) is 9. The molecule has 18 heteroatoms. The van der Waals surface area contributed by atoms with Gasteiger partial charge in [0.05, 0.1) is 23.8 Å². The highest BCUT2D eigenvalue weighted by atomic mass is 32.3. The average Bonchev–Trinajstić information content (AvgIpc) is 3.86. The Morgan fingerprint density at radius 3 is 2.14 bits per heavy atom. The zero-order valence-electron chi connectivity index (χ0n) is 41.7. The molecule has 3 unspecified atom stereocenters. The number of carbonyl (C=O) groups excluding carboxylic acids is 2. The van der Waals surface area contributed by atoms with E-state index in [1.54, 1.807) is 17.4 Å². The number of aryl methyl sites for hydroxylation is 1.